The molecule has 2 atom stereocenters. The van der Waals surface area contributed by atoms with Crippen LogP contribution in [-0.2, 0) is 0 Å². The molecule has 20 heavy (non-hydrogen) atoms. The van der Waals surface area contributed by atoms with E-state index in [2.05, 4.69) is 62.4 Å². The van der Waals surface area contributed by atoms with Crippen molar-refractivity contribution in [2.24, 2.45) is 5.73 Å². The van der Waals surface area contributed by atoms with Crippen molar-refractivity contribution in [3.63, 3.8) is 0 Å². The molecule has 0 aliphatic carbocycles. The first kappa shape index (κ1) is 15.1. The summed E-state index contributed by atoms with van der Waals surface area (Å²) >= 11 is 1.95. The van der Waals surface area contributed by atoms with Crippen LogP contribution in [0.4, 0.5) is 0 Å². The first-order chi connectivity index (χ1) is 9.70. The van der Waals surface area contributed by atoms with Crippen LogP contribution in [0, 0.1) is 0 Å². The molecule has 0 spiro atoms. The van der Waals surface area contributed by atoms with E-state index < -0.39 is 0 Å². The summed E-state index contributed by atoms with van der Waals surface area (Å²) in [5, 5.41) is 0.685. The van der Waals surface area contributed by atoms with Gasteiger partial charge in [-0.25, -0.2) is 0 Å². The summed E-state index contributed by atoms with van der Waals surface area (Å²) in [4.78, 5) is 0. The molecule has 2 aromatic rings. The summed E-state index contributed by atoms with van der Waals surface area (Å²) in [7, 11) is 0. The Balaban J connectivity index is 2.01. The number of thioether (sulfide) groups is 1. The number of nitrogens with two attached hydrogens (primary N) is 1. The molecule has 0 aliphatic heterocycles. The predicted molar refractivity (Wildman–Crippen MR) is 91.0 cm³/mol. The molecule has 0 aromatic heterocycles. The Labute approximate surface area is 126 Å². The fraction of sp³-hybridized carbons (Fsp3) is 0.333. The van der Waals surface area contributed by atoms with Gasteiger partial charge in [-0.1, -0.05) is 68.4 Å². The van der Waals surface area contributed by atoms with Gasteiger partial charge in [0.05, 0.1) is 0 Å². The molecule has 0 saturated carbocycles. The van der Waals surface area contributed by atoms with E-state index in [9.17, 15) is 0 Å². The van der Waals surface area contributed by atoms with Crippen molar-refractivity contribution in [3.05, 3.63) is 60.2 Å². The minimum Gasteiger partial charge on any atom is -0.323 e. The van der Waals surface area contributed by atoms with Gasteiger partial charge in [-0.05, 0) is 23.1 Å². The molecular formula is C18H23NS. The molecule has 106 valence electrons. The first-order valence-corrected chi connectivity index (χ1v) is 8.28. The Hall–Kier alpha value is -1.25. The fourth-order valence-electron chi connectivity index (χ4n) is 2.04. The monoisotopic (exact) mass is 285 g/mol. The van der Waals surface area contributed by atoms with Gasteiger partial charge in [0.25, 0.3) is 0 Å². The van der Waals surface area contributed by atoms with Gasteiger partial charge in [-0.15, -0.1) is 0 Å². The minimum atomic E-state index is 0.124. The van der Waals surface area contributed by atoms with E-state index >= 15 is 0 Å². The summed E-state index contributed by atoms with van der Waals surface area (Å²) in [6.45, 7) is 4.48. The third-order valence-corrected chi connectivity index (χ3v) is 5.04. The maximum atomic E-state index is 6.27. The second-order valence-electron chi connectivity index (χ2n) is 5.15. The SMILES string of the molecule is CCC(C)SCC(N)c1ccc(-c2ccccc2)cc1. The van der Waals surface area contributed by atoms with Crippen LogP contribution in [0.1, 0.15) is 31.9 Å². The highest BCUT2D eigenvalue weighted by atomic mass is 32.2. The van der Waals surface area contributed by atoms with E-state index in [0.29, 0.717) is 5.25 Å². The normalized spacial score (nSPS) is 13.9. The van der Waals surface area contributed by atoms with Crippen molar-refractivity contribution >= 4 is 11.8 Å². The van der Waals surface area contributed by atoms with Crippen molar-refractivity contribution in [2.45, 2.75) is 31.6 Å². The van der Waals surface area contributed by atoms with Crippen LogP contribution in [-0.4, -0.2) is 11.0 Å². The lowest BCUT2D eigenvalue weighted by Gasteiger charge is -2.15. The van der Waals surface area contributed by atoms with Gasteiger partial charge in [0.1, 0.15) is 0 Å². The molecule has 0 saturated heterocycles. The lowest BCUT2D eigenvalue weighted by Crippen LogP contribution is -2.14. The van der Waals surface area contributed by atoms with Gasteiger partial charge in [-0.2, -0.15) is 11.8 Å². The van der Waals surface area contributed by atoms with Gasteiger partial charge in [0, 0.05) is 17.0 Å². The molecule has 0 aliphatic rings. The third kappa shape index (κ3) is 4.12. The molecule has 2 aromatic carbocycles. The smallest absolute Gasteiger partial charge is 0.0386 e. The zero-order valence-electron chi connectivity index (χ0n) is 12.3. The molecule has 2 unspecified atom stereocenters. The molecule has 0 fully saturated rings. The Morgan fingerprint density at radius 2 is 1.55 bits per heavy atom. The van der Waals surface area contributed by atoms with Crippen LogP contribution in [0.2, 0.25) is 0 Å². The molecule has 2 N–H and O–H groups in total. The first-order valence-electron chi connectivity index (χ1n) is 7.23. The van der Waals surface area contributed by atoms with Gasteiger partial charge in [0.15, 0.2) is 0 Å². The van der Waals surface area contributed by atoms with Crippen molar-refractivity contribution in [3.8, 4) is 11.1 Å². The van der Waals surface area contributed by atoms with E-state index in [0.717, 1.165) is 5.75 Å². The highest BCUT2D eigenvalue weighted by Gasteiger charge is 2.08. The van der Waals surface area contributed by atoms with E-state index in [4.69, 9.17) is 5.73 Å². The topological polar surface area (TPSA) is 26.0 Å². The average Bonchev–Trinajstić information content (AvgIpc) is 2.53. The van der Waals surface area contributed by atoms with E-state index in [1.807, 2.05) is 17.8 Å². The van der Waals surface area contributed by atoms with Gasteiger partial charge < -0.3 is 5.73 Å². The van der Waals surface area contributed by atoms with E-state index in [1.165, 1.54) is 23.1 Å². The molecule has 0 heterocycles. The van der Waals surface area contributed by atoms with Gasteiger partial charge in [0.2, 0.25) is 0 Å². The van der Waals surface area contributed by atoms with Crippen LogP contribution in [0.15, 0.2) is 54.6 Å². The second kappa shape index (κ2) is 7.51. The average molecular weight is 285 g/mol. The van der Waals surface area contributed by atoms with Crippen molar-refractivity contribution in [1.29, 1.82) is 0 Å². The van der Waals surface area contributed by atoms with Crippen molar-refractivity contribution < 1.29 is 0 Å². The molecule has 2 heteroatoms. The predicted octanol–water partition coefficient (Wildman–Crippen LogP) is 4.89. The maximum absolute atomic E-state index is 6.27. The van der Waals surface area contributed by atoms with Gasteiger partial charge >= 0.3 is 0 Å². The molecule has 1 nitrogen and oxygen atoms in total. The van der Waals surface area contributed by atoms with Crippen LogP contribution < -0.4 is 5.73 Å². The summed E-state index contributed by atoms with van der Waals surface area (Å²) < 4.78 is 0. The molecule has 0 amide bonds. The summed E-state index contributed by atoms with van der Waals surface area (Å²) in [5.41, 5.74) is 9.99. The van der Waals surface area contributed by atoms with Crippen LogP contribution in [0.5, 0.6) is 0 Å². The lowest BCUT2D eigenvalue weighted by atomic mass is 10.0. The Kier molecular flexibility index (Phi) is 5.69. The molecular weight excluding hydrogens is 262 g/mol. The zero-order valence-corrected chi connectivity index (χ0v) is 13.1. The highest BCUT2D eigenvalue weighted by molar-refractivity contribution is 7.99. The number of hydrogen-bond acceptors (Lipinski definition) is 2. The fourth-order valence-corrected chi connectivity index (χ4v) is 3.00. The van der Waals surface area contributed by atoms with Crippen LogP contribution in [0.3, 0.4) is 0 Å². The Morgan fingerprint density at radius 1 is 0.950 bits per heavy atom. The lowest BCUT2D eigenvalue weighted by molar-refractivity contribution is 0.821. The number of benzene rings is 2. The molecule has 0 radical (unpaired) electrons. The van der Waals surface area contributed by atoms with Crippen LogP contribution in [0.25, 0.3) is 11.1 Å². The standard InChI is InChI=1S/C18H23NS/c1-3-14(2)20-13-18(19)17-11-9-16(10-12-17)15-7-5-4-6-8-15/h4-12,14,18H,3,13,19H2,1-2H3. The van der Waals surface area contributed by atoms with E-state index in [1.54, 1.807) is 0 Å². The zero-order chi connectivity index (χ0) is 14.4. The van der Waals surface area contributed by atoms with E-state index in [-0.39, 0.29) is 6.04 Å². The molecule has 2 rings (SSSR count). The van der Waals surface area contributed by atoms with Crippen LogP contribution >= 0.6 is 11.8 Å². The highest BCUT2D eigenvalue weighted by Crippen LogP contribution is 2.24. The summed E-state index contributed by atoms with van der Waals surface area (Å²) in [6.07, 6.45) is 1.20. The molecule has 0 bridgehead atoms. The number of rotatable bonds is 6. The maximum Gasteiger partial charge on any atom is 0.0386 e. The minimum absolute atomic E-state index is 0.124. The van der Waals surface area contributed by atoms with Crippen molar-refractivity contribution in [2.75, 3.05) is 5.75 Å². The second-order valence-corrected chi connectivity index (χ2v) is 6.62. The number of hydrogen-bond donors (Lipinski definition) is 1. The van der Waals surface area contributed by atoms with Gasteiger partial charge in [-0.3, -0.25) is 0 Å². The van der Waals surface area contributed by atoms with Crippen molar-refractivity contribution in [1.82, 2.24) is 0 Å². The summed E-state index contributed by atoms with van der Waals surface area (Å²) in [6, 6.07) is 19.2. The largest absolute Gasteiger partial charge is 0.323 e. The summed E-state index contributed by atoms with van der Waals surface area (Å²) in [5.74, 6) is 0.986. The third-order valence-electron chi connectivity index (χ3n) is 3.58. The quantitative estimate of drug-likeness (QED) is 0.818. The Morgan fingerprint density at radius 3 is 2.15 bits per heavy atom. The Bertz CT molecular complexity index is 507.